The maximum atomic E-state index is 12.4. The van der Waals surface area contributed by atoms with E-state index in [0.717, 1.165) is 22.0 Å². The molecule has 0 fully saturated rings. The van der Waals surface area contributed by atoms with Gasteiger partial charge in [-0.25, -0.2) is 0 Å². The van der Waals surface area contributed by atoms with Gasteiger partial charge in [0.1, 0.15) is 0 Å². The Kier molecular flexibility index (Phi) is 3.28. The van der Waals surface area contributed by atoms with Gasteiger partial charge in [0.05, 0.1) is 0 Å². The third kappa shape index (κ3) is 2.25. The minimum Gasteiger partial charge on any atom is -0.294 e. The highest BCUT2D eigenvalue weighted by atomic mass is 79.9. The average molecular weight is 315 g/mol. The molecule has 0 saturated heterocycles. The van der Waals surface area contributed by atoms with E-state index in [1.54, 1.807) is 0 Å². The van der Waals surface area contributed by atoms with E-state index < -0.39 is 0 Å². The highest BCUT2D eigenvalue weighted by Crippen LogP contribution is 2.38. The molecule has 1 aliphatic carbocycles. The lowest BCUT2D eigenvalue weighted by atomic mass is 9.74. The molecule has 0 spiro atoms. The first kappa shape index (κ1) is 12.6. The molecule has 96 valence electrons. The molecule has 0 radical (unpaired) electrons. The molecular weight excluding hydrogens is 300 g/mol. The molecule has 1 atom stereocenters. The van der Waals surface area contributed by atoms with Crippen molar-refractivity contribution < 1.29 is 4.79 Å². The number of hydrogen-bond acceptors (Lipinski definition) is 1. The summed E-state index contributed by atoms with van der Waals surface area (Å²) in [5, 5.41) is 0. The van der Waals surface area contributed by atoms with Crippen LogP contribution in [0.3, 0.4) is 0 Å². The first-order valence-corrected chi connectivity index (χ1v) is 7.32. The smallest absolute Gasteiger partial charge is 0.163 e. The molecular formula is C17H15BrO. The van der Waals surface area contributed by atoms with Crippen LogP contribution in [0.15, 0.2) is 46.9 Å². The minimum absolute atomic E-state index is 0.248. The van der Waals surface area contributed by atoms with E-state index in [2.05, 4.69) is 40.2 Å². The van der Waals surface area contributed by atoms with Gasteiger partial charge in [0.2, 0.25) is 0 Å². The lowest BCUT2D eigenvalue weighted by Crippen LogP contribution is -2.20. The zero-order valence-electron chi connectivity index (χ0n) is 10.8. The van der Waals surface area contributed by atoms with Gasteiger partial charge in [-0.1, -0.05) is 52.3 Å². The van der Waals surface area contributed by atoms with Gasteiger partial charge in [-0.3, -0.25) is 4.79 Å². The Labute approximate surface area is 121 Å². The monoisotopic (exact) mass is 314 g/mol. The van der Waals surface area contributed by atoms with Crippen LogP contribution in [0.5, 0.6) is 0 Å². The van der Waals surface area contributed by atoms with E-state index in [4.69, 9.17) is 0 Å². The molecule has 19 heavy (non-hydrogen) atoms. The summed E-state index contributed by atoms with van der Waals surface area (Å²) in [6.07, 6.45) is 1.66. The Morgan fingerprint density at radius 3 is 2.79 bits per heavy atom. The lowest BCUT2D eigenvalue weighted by molar-refractivity contribution is 0.0970. The second-order valence-electron chi connectivity index (χ2n) is 5.14. The molecule has 0 N–H and O–H groups in total. The molecule has 1 nitrogen and oxygen atoms in total. The van der Waals surface area contributed by atoms with Crippen molar-refractivity contribution in [3.8, 4) is 0 Å². The summed E-state index contributed by atoms with van der Waals surface area (Å²) in [4.78, 5) is 12.4. The molecule has 1 unspecified atom stereocenters. The highest BCUT2D eigenvalue weighted by Gasteiger charge is 2.28. The van der Waals surface area contributed by atoms with Crippen LogP contribution in [0.1, 0.15) is 39.4 Å². The number of carbonyl (C=O) groups excluding carboxylic acids is 1. The van der Waals surface area contributed by atoms with Crippen LogP contribution in [0.25, 0.3) is 0 Å². The van der Waals surface area contributed by atoms with Crippen LogP contribution in [0.2, 0.25) is 0 Å². The molecule has 0 saturated carbocycles. The molecule has 0 heterocycles. The fraction of sp³-hybridized carbons (Fsp3) is 0.235. The largest absolute Gasteiger partial charge is 0.294 e. The van der Waals surface area contributed by atoms with Gasteiger partial charge in [0, 0.05) is 16.5 Å². The number of carbonyl (C=O) groups is 1. The van der Waals surface area contributed by atoms with Crippen molar-refractivity contribution in [3.63, 3.8) is 0 Å². The molecule has 0 amide bonds. The fourth-order valence-corrected chi connectivity index (χ4v) is 3.15. The maximum Gasteiger partial charge on any atom is 0.163 e. The second kappa shape index (κ2) is 4.93. The molecule has 0 aliphatic heterocycles. The summed E-state index contributed by atoms with van der Waals surface area (Å²) in [6.45, 7) is 1.99. The first-order chi connectivity index (χ1) is 9.16. The van der Waals surface area contributed by atoms with Crippen molar-refractivity contribution in [1.82, 2.24) is 0 Å². The van der Waals surface area contributed by atoms with Crippen LogP contribution >= 0.6 is 15.9 Å². The Bertz CT molecular complexity index is 645. The van der Waals surface area contributed by atoms with E-state index >= 15 is 0 Å². The predicted molar refractivity (Wildman–Crippen MR) is 80.7 cm³/mol. The number of hydrogen-bond donors (Lipinski definition) is 0. The molecule has 0 aromatic heterocycles. The van der Waals surface area contributed by atoms with Gasteiger partial charge >= 0.3 is 0 Å². The van der Waals surface area contributed by atoms with Crippen molar-refractivity contribution in [1.29, 1.82) is 0 Å². The number of ketones is 1. The minimum atomic E-state index is 0.248. The summed E-state index contributed by atoms with van der Waals surface area (Å²) in [7, 11) is 0. The van der Waals surface area contributed by atoms with E-state index in [1.807, 2.05) is 25.1 Å². The quantitative estimate of drug-likeness (QED) is 0.752. The zero-order valence-corrected chi connectivity index (χ0v) is 12.4. The van der Waals surface area contributed by atoms with Crippen LogP contribution < -0.4 is 0 Å². The van der Waals surface area contributed by atoms with Crippen LogP contribution in [-0.2, 0) is 6.42 Å². The van der Waals surface area contributed by atoms with Crippen LogP contribution in [0, 0.1) is 6.92 Å². The number of Topliss-reactive ketones (excluding diaryl/α,β-unsaturated/α-hetero) is 1. The van der Waals surface area contributed by atoms with Crippen molar-refractivity contribution in [2.75, 3.05) is 0 Å². The number of fused-ring (bicyclic) bond motifs is 1. The van der Waals surface area contributed by atoms with E-state index in [1.165, 1.54) is 11.1 Å². The SMILES string of the molecule is Cc1c(Br)cccc1C(=O)CC1Cc2ccccc21. The fourth-order valence-electron chi connectivity index (χ4n) is 2.79. The van der Waals surface area contributed by atoms with Crippen LogP contribution in [0.4, 0.5) is 0 Å². The van der Waals surface area contributed by atoms with E-state index in [9.17, 15) is 4.79 Å². The topological polar surface area (TPSA) is 17.1 Å². The van der Waals surface area contributed by atoms with Gasteiger partial charge in [-0.2, -0.15) is 0 Å². The van der Waals surface area contributed by atoms with Gasteiger partial charge in [0.25, 0.3) is 0 Å². The van der Waals surface area contributed by atoms with Crippen molar-refractivity contribution in [2.45, 2.75) is 25.7 Å². The Morgan fingerprint density at radius 1 is 1.21 bits per heavy atom. The van der Waals surface area contributed by atoms with Gasteiger partial charge in [-0.05, 0) is 42.0 Å². The van der Waals surface area contributed by atoms with E-state index in [0.29, 0.717) is 12.3 Å². The standard InChI is InChI=1S/C17H15BrO/c1-11-14(7-4-8-16(11)18)17(19)10-13-9-12-5-2-3-6-15(12)13/h2-8,13H,9-10H2,1H3. The third-order valence-electron chi connectivity index (χ3n) is 3.96. The number of halogens is 1. The first-order valence-electron chi connectivity index (χ1n) is 6.53. The summed E-state index contributed by atoms with van der Waals surface area (Å²) in [6, 6.07) is 14.2. The molecule has 3 rings (SSSR count). The third-order valence-corrected chi connectivity index (χ3v) is 4.82. The molecule has 2 heteroatoms. The van der Waals surface area contributed by atoms with Crippen molar-refractivity contribution >= 4 is 21.7 Å². The molecule has 2 aromatic rings. The van der Waals surface area contributed by atoms with Crippen molar-refractivity contribution in [3.05, 3.63) is 69.2 Å². The van der Waals surface area contributed by atoms with Crippen LogP contribution in [-0.4, -0.2) is 5.78 Å². The normalized spacial score (nSPS) is 16.6. The average Bonchev–Trinajstić information content (AvgIpc) is 2.39. The lowest BCUT2D eigenvalue weighted by Gasteiger charge is -2.29. The van der Waals surface area contributed by atoms with Gasteiger partial charge in [-0.15, -0.1) is 0 Å². The number of benzene rings is 2. The maximum absolute atomic E-state index is 12.4. The van der Waals surface area contributed by atoms with Crippen molar-refractivity contribution in [2.24, 2.45) is 0 Å². The Balaban J connectivity index is 1.79. The highest BCUT2D eigenvalue weighted by molar-refractivity contribution is 9.10. The summed E-state index contributed by atoms with van der Waals surface area (Å²) < 4.78 is 1.01. The zero-order chi connectivity index (χ0) is 13.4. The summed E-state index contributed by atoms with van der Waals surface area (Å²) >= 11 is 3.49. The van der Waals surface area contributed by atoms with Gasteiger partial charge in [0.15, 0.2) is 5.78 Å². The number of rotatable bonds is 3. The molecule has 2 aromatic carbocycles. The molecule has 1 aliphatic rings. The van der Waals surface area contributed by atoms with E-state index in [-0.39, 0.29) is 5.78 Å². The second-order valence-corrected chi connectivity index (χ2v) is 5.99. The predicted octanol–water partition coefficient (Wildman–Crippen LogP) is 4.67. The summed E-state index contributed by atoms with van der Waals surface area (Å²) in [5.41, 5.74) is 4.63. The molecule has 0 bridgehead atoms. The summed E-state index contributed by atoms with van der Waals surface area (Å²) in [5.74, 6) is 0.653. The Morgan fingerprint density at radius 2 is 2.00 bits per heavy atom. The van der Waals surface area contributed by atoms with Gasteiger partial charge < -0.3 is 0 Å². The Hall–Kier alpha value is -1.41.